The standard InChI is InChI=1S/C27H41N3O2/c1-25-11-8-24-22(6-4-20-16-27(31,18-32-3)13-12-26(20,24)2)23(25)7-5-19(25)9-14-30-15-10-21(17-28)29-30/h10,15,19-20,22-24,31H,4-9,11-14,16,18H2,1-3H3/t19-,20-,22+,23+,24+,25-,26+,27-/m1/s1. The molecule has 0 amide bonds. The molecule has 0 saturated heterocycles. The van der Waals surface area contributed by atoms with Crippen LogP contribution in [0.2, 0.25) is 0 Å². The van der Waals surface area contributed by atoms with Gasteiger partial charge in [-0.15, -0.1) is 0 Å². The third-order valence-electron chi connectivity index (χ3n) is 10.9. The van der Waals surface area contributed by atoms with Crippen molar-refractivity contribution in [2.75, 3.05) is 13.7 Å². The van der Waals surface area contributed by atoms with Crippen molar-refractivity contribution >= 4 is 0 Å². The van der Waals surface area contributed by atoms with Crippen LogP contribution in [0.25, 0.3) is 0 Å². The van der Waals surface area contributed by atoms with E-state index in [1.807, 2.05) is 16.9 Å². The Hall–Kier alpha value is -1.38. The molecule has 1 aromatic rings. The predicted octanol–water partition coefficient (Wildman–Crippen LogP) is 5.18. The number of aliphatic hydroxyl groups is 1. The topological polar surface area (TPSA) is 71.1 Å². The third-order valence-corrected chi connectivity index (χ3v) is 10.9. The maximum atomic E-state index is 11.1. The molecule has 4 saturated carbocycles. The summed E-state index contributed by atoms with van der Waals surface area (Å²) >= 11 is 0. The van der Waals surface area contributed by atoms with E-state index in [0.29, 0.717) is 29.0 Å². The third kappa shape index (κ3) is 3.53. The van der Waals surface area contributed by atoms with E-state index in [9.17, 15) is 5.11 Å². The Bertz CT molecular complexity index is 876. The van der Waals surface area contributed by atoms with Crippen molar-refractivity contribution in [1.29, 1.82) is 5.26 Å². The summed E-state index contributed by atoms with van der Waals surface area (Å²) in [4.78, 5) is 0. The van der Waals surface area contributed by atoms with Gasteiger partial charge in [0.15, 0.2) is 5.69 Å². The molecule has 0 unspecified atom stereocenters. The van der Waals surface area contributed by atoms with E-state index >= 15 is 0 Å². The summed E-state index contributed by atoms with van der Waals surface area (Å²) in [7, 11) is 1.72. The predicted molar refractivity (Wildman–Crippen MR) is 124 cm³/mol. The normalized spacial score (nSPS) is 45.5. The largest absolute Gasteiger partial charge is 0.387 e. The Morgan fingerprint density at radius 1 is 1.12 bits per heavy atom. The summed E-state index contributed by atoms with van der Waals surface area (Å²) in [6, 6.07) is 3.96. The van der Waals surface area contributed by atoms with Gasteiger partial charge in [0.2, 0.25) is 0 Å². The molecule has 176 valence electrons. The van der Waals surface area contributed by atoms with Gasteiger partial charge < -0.3 is 9.84 Å². The number of hydrogen-bond acceptors (Lipinski definition) is 4. The smallest absolute Gasteiger partial charge is 0.162 e. The van der Waals surface area contributed by atoms with Crippen LogP contribution in [0, 0.1) is 51.8 Å². The molecule has 0 radical (unpaired) electrons. The van der Waals surface area contributed by atoms with E-state index in [1.165, 1.54) is 44.9 Å². The number of fused-ring (bicyclic) bond motifs is 5. The molecule has 0 bridgehead atoms. The highest BCUT2D eigenvalue weighted by Gasteiger charge is 2.61. The van der Waals surface area contributed by atoms with Gasteiger partial charge in [-0.2, -0.15) is 10.4 Å². The molecule has 5 rings (SSSR count). The van der Waals surface area contributed by atoms with Gasteiger partial charge >= 0.3 is 0 Å². The summed E-state index contributed by atoms with van der Waals surface area (Å²) in [5.74, 6) is 3.97. The Kier molecular flexibility index (Phi) is 5.70. The SMILES string of the molecule is COC[C@@]1(O)CC[C@@]2(C)[C@H](CC[C@@H]3[C@@H]2CC[C@]2(C)[C@@H](CCn4ccc(C#N)n4)CC[C@@H]32)C1. The van der Waals surface area contributed by atoms with Gasteiger partial charge in [0, 0.05) is 19.9 Å². The van der Waals surface area contributed by atoms with Crippen LogP contribution in [-0.2, 0) is 11.3 Å². The molecule has 4 aliphatic carbocycles. The van der Waals surface area contributed by atoms with Crippen molar-refractivity contribution in [1.82, 2.24) is 9.78 Å². The first kappa shape index (κ1) is 22.4. The van der Waals surface area contributed by atoms with Crippen molar-refractivity contribution in [2.45, 2.75) is 90.2 Å². The lowest BCUT2D eigenvalue weighted by molar-refractivity contribution is -0.162. The van der Waals surface area contributed by atoms with Gasteiger partial charge in [0.05, 0.1) is 12.2 Å². The fourth-order valence-corrected chi connectivity index (χ4v) is 9.14. The molecular weight excluding hydrogens is 398 g/mol. The van der Waals surface area contributed by atoms with Crippen molar-refractivity contribution in [3.8, 4) is 6.07 Å². The number of aryl methyl sites for hydroxylation is 1. The zero-order valence-corrected chi connectivity index (χ0v) is 20.2. The second-order valence-electron chi connectivity index (χ2n) is 12.2. The summed E-state index contributed by atoms with van der Waals surface area (Å²) in [6.45, 7) is 6.59. The quantitative estimate of drug-likeness (QED) is 0.686. The van der Waals surface area contributed by atoms with Crippen molar-refractivity contribution in [2.24, 2.45) is 40.4 Å². The van der Waals surface area contributed by atoms with Crippen LogP contribution in [0.3, 0.4) is 0 Å². The first-order valence-electron chi connectivity index (χ1n) is 13.0. The molecule has 0 aliphatic heterocycles. The molecular formula is C27H41N3O2. The molecule has 0 spiro atoms. The van der Waals surface area contributed by atoms with Gasteiger partial charge in [0.1, 0.15) is 6.07 Å². The molecule has 4 aliphatic rings. The zero-order chi connectivity index (χ0) is 22.6. The molecule has 1 N–H and O–H groups in total. The van der Waals surface area contributed by atoms with Crippen LogP contribution >= 0.6 is 0 Å². The molecule has 1 aromatic heterocycles. The molecule has 0 aromatic carbocycles. The summed E-state index contributed by atoms with van der Waals surface area (Å²) in [6.07, 6.45) is 14.2. The lowest BCUT2D eigenvalue weighted by Gasteiger charge is -2.62. The Labute approximate surface area is 193 Å². The minimum atomic E-state index is -0.606. The highest BCUT2D eigenvalue weighted by molar-refractivity contribution is 5.16. The molecule has 4 fully saturated rings. The van der Waals surface area contributed by atoms with Crippen LogP contribution in [0.5, 0.6) is 0 Å². The summed E-state index contributed by atoms with van der Waals surface area (Å²) in [5, 5.41) is 24.5. The van der Waals surface area contributed by atoms with E-state index in [2.05, 4.69) is 25.0 Å². The molecule has 32 heavy (non-hydrogen) atoms. The van der Waals surface area contributed by atoms with Crippen molar-refractivity contribution < 1.29 is 9.84 Å². The molecule has 8 atom stereocenters. The minimum Gasteiger partial charge on any atom is -0.387 e. The number of nitriles is 1. The van der Waals surface area contributed by atoms with Crippen LogP contribution < -0.4 is 0 Å². The van der Waals surface area contributed by atoms with Crippen LogP contribution in [0.4, 0.5) is 0 Å². The molecule has 1 heterocycles. The molecule has 5 nitrogen and oxygen atoms in total. The van der Waals surface area contributed by atoms with Crippen LogP contribution in [0.1, 0.15) is 83.7 Å². The van der Waals surface area contributed by atoms with Gasteiger partial charge in [-0.25, -0.2) is 0 Å². The van der Waals surface area contributed by atoms with Gasteiger partial charge in [0.25, 0.3) is 0 Å². The zero-order valence-electron chi connectivity index (χ0n) is 20.2. The van der Waals surface area contributed by atoms with E-state index in [0.717, 1.165) is 49.5 Å². The second kappa shape index (κ2) is 8.13. The summed E-state index contributed by atoms with van der Waals surface area (Å²) < 4.78 is 7.34. The highest BCUT2D eigenvalue weighted by Crippen LogP contribution is 2.68. The Morgan fingerprint density at radius 3 is 2.69 bits per heavy atom. The number of ether oxygens (including phenoxy) is 1. The average molecular weight is 440 g/mol. The lowest BCUT2D eigenvalue weighted by Crippen LogP contribution is -2.56. The van der Waals surface area contributed by atoms with E-state index in [1.54, 1.807) is 7.11 Å². The van der Waals surface area contributed by atoms with Crippen LogP contribution in [0.15, 0.2) is 12.3 Å². The fourth-order valence-electron chi connectivity index (χ4n) is 9.14. The molecule has 5 heteroatoms. The number of aromatic nitrogens is 2. The maximum Gasteiger partial charge on any atom is 0.162 e. The van der Waals surface area contributed by atoms with Gasteiger partial charge in [-0.3, -0.25) is 4.68 Å². The first-order chi connectivity index (χ1) is 15.3. The fraction of sp³-hybridized carbons (Fsp3) is 0.852. The highest BCUT2D eigenvalue weighted by atomic mass is 16.5. The van der Waals surface area contributed by atoms with E-state index in [4.69, 9.17) is 10.00 Å². The monoisotopic (exact) mass is 439 g/mol. The minimum absolute atomic E-state index is 0.394. The average Bonchev–Trinajstić information content (AvgIpc) is 3.36. The van der Waals surface area contributed by atoms with Crippen LogP contribution in [-0.4, -0.2) is 34.2 Å². The second-order valence-corrected chi connectivity index (χ2v) is 12.2. The van der Waals surface area contributed by atoms with Crippen molar-refractivity contribution in [3.63, 3.8) is 0 Å². The van der Waals surface area contributed by atoms with E-state index < -0.39 is 5.60 Å². The van der Waals surface area contributed by atoms with Gasteiger partial charge in [-0.1, -0.05) is 13.8 Å². The number of methoxy groups -OCH3 is 1. The number of rotatable bonds is 5. The Balaban J connectivity index is 1.28. The van der Waals surface area contributed by atoms with Crippen molar-refractivity contribution in [3.05, 3.63) is 18.0 Å². The Morgan fingerprint density at radius 2 is 1.94 bits per heavy atom. The first-order valence-corrected chi connectivity index (χ1v) is 13.0. The number of nitrogens with zero attached hydrogens (tertiary/aromatic N) is 3. The van der Waals surface area contributed by atoms with Gasteiger partial charge in [-0.05, 0) is 111 Å². The van der Waals surface area contributed by atoms with E-state index in [-0.39, 0.29) is 0 Å². The summed E-state index contributed by atoms with van der Waals surface area (Å²) in [5.41, 5.74) is 0.771. The lowest BCUT2D eigenvalue weighted by atomic mass is 9.44. The number of hydrogen-bond donors (Lipinski definition) is 1. The maximum absolute atomic E-state index is 11.1.